The van der Waals surface area contributed by atoms with Crippen molar-refractivity contribution in [3.05, 3.63) is 18.0 Å². The molecule has 1 fully saturated rings. The van der Waals surface area contributed by atoms with E-state index >= 15 is 0 Å². The highest BCUT2D eigenvalue weighted by atomic mass is 16.6. The van der Waals surface area contributed by atoms with Crippen LogP contribution in [0.25, 0.3) is 22.6 Å². The number of imidazole rings is 1. The molecule has 1 aliphatic heterocycles. The fourth-order valence-corrected chi connectivity index (χ4v) is 3.60. The maximum absolute atomic E-state index is 12.9. The van der Waals surface area contributed by atoms with E-state index in [1.165, 1.54) is 11.1 Å². The molecule has 12 heteroatoms. The van der Waals surface area contributed by atoms with E-state index in [9.17, 15) is 9.59 Å². The molecule has 12 nitrogen and oxygen atoms in total. The average molecular weight is 400 g/mol. The molecule has 3 aromatic rings. The van der Waals surface area contributed by atoms with E-state index in [1.807, 2.05) is 11.5 Å². The van der Waals surface area contributed by atoms with Crippen molar-refractivity contribution in [2.45, 2.75) is 19.9 Å². The Kier molecular flexibility index (Phi) is 4.74. The van der Waals surface area contributed by atoms with E-state index in [0.29, 0.717) is 60.7 Å². The summed E-state index contributed by atoms with van der Waals surface area (Å²) in [6.45, 7) is 3.69. The molecule has 0 saturated carbocycles. The Morgan fingerprint density at radius 3 is 2.86 bits per heavy atom. The number of nitrogens with zero attached hydrogens (tertiary/aromatic N) is 6. The summed E-state index contributed by atoms with van der Waals surface area (Å²) in [6, 6.07) is 0. The molecule has 1 saturated heterocycles. The van der Waals surface area contributed by atoms with Crippen molar-refractivity contribution in [3.63, 3.8) is 0 Å². The van der Waals surface area contributed by atoms with Gasteiger partial charge in [-0.3, -0.25) is 9.78 Å². The number of pyridine rings is 1. The summed E-state index contributed by atoms with van der Waals surface area (Å²) in [5.74, 6) is 0.327. The maximum Gasteiger partial charge on any atom is 0.407 e. The highest BCUT2D eigenvalue weighted by Crippen LogP contribution is 2.28. The lowest BCUT2D eigenvalue weighted by Gasteiger charge is -2.13. The first-order chi connectivity index (χ1) is 14.0. The normalized spacial score (nSPS) is 16.4. The number of carboxylic acid groups (broad SMARTS) is 1. The van der Waals surface area contributed by atoms with Gasteiger partial charge in [-0.2, -0.15) is 0 Å². The maximum atomic E-state index is 12.9. The predicted octanol–water partition coefficient (Wildman–Crippen LogP) is 0.813. The minimum absolute atomic E-state index is 0.0786. The first-order valence-corrected chi connectivity index (χ1v) is 9.18. The summed E-state index contributed by atoms with van der Waals surface area (Å²) < 4.78 is 6.48. The molecule has 152 valence electrons. The highest BCUT2D eigenvalue weighted by molar-refractivity contribution is 6.05. The van der Waals surface area contributed by atoms with Gasteiger partial charge < -0.3 is 25.6 Å². The van der Waals surface area contributed by atoms with Gasteiger partial charge in [0.25, 0.3) is 5.91 Å². The monoisotopic (exact) mass is 400 g/mol. The van der Waals surface area contributed by atoms with E-state index < -0.39 is 6.09 Å². The Hall–Kier alpha value is -3.70. The number of aryl methyl sites for hydroxylation is 1. The predicted molar refractivity (Wildman–Crippen MR) is 101 cm³/mol. The zero-order chi connectivity index (χ0) is 20.5. The third-order valence-corrected chi connectivity index (χ3v) is 5.04. The van der Waals surface area contributed by atoms with E-state index in [2.05, 4.69) is 30.2 Å². The first kappa shape index (κ1) is 18.7. The van der Waals surface area contributed by atoms with Crippen LogP contribution in [-0.2, 0) is 6.54 Å². The van der Waals surface area contributed by atoms with Crippen LogP contribution in [0.2, 0.25) is 0 Å². The number of fused-ring (bicyclic) bond motifs is 1. The van der Waals surface area contributed by atoms with Crippen LogP contribution in [0.3, 0.4) is 0 Å². The number of nitrogens with two attached hydrogens (primary N) is 1. The zero-order valence-electron chi connectivity index (χ0n) is 15.7. The van der Waals surface area contributed by atoms with Crippen LogP contribution < -0.4 is 11.1 Å². The Morgan fingerprint density at radius 2 is 2.21 bits per heavy atom. The number of hydrogen-bond donors (Lipinski definition) is 3. The molecule has 1 aliphatic rings. The first-order valence-electron chi connectivity index (χ1n) is 9.18. The van der Waals surface area contributed by atoms with Gasteiger partial charge >= 0.3 is 6.09 Å². The number of nitrogen functional groups attached to an aromatic ring is 1. The topological polar surface area (TPSA) is 165 Å². The second-order valence-corrected chi connectivity index (χ2v) is 6.83. The van der Waals surface area contributed by atoms with Gasteiger partial charge in [-0.1, -0.05) is 0 Å². The van der Waals surface area contributed by atoms with Crippen LogP contribution in [0.4, 0.5) is 10.6 Å². The number of likely N-dealkylation sites (tertiary alicyclic amines) is 1. The number of rotatable bonds is 5. The van der Waals surface area contributed by atoms with E-state index in [0.717, 1.165) is 0 Å². The SMILES string of the molecule is CCn1c(-c2nonc2N)nc2cncc(C(=O)NC[C@@H]3CCN(C(=O)O)C3)c21. The number of hydrogen-bond acceptors (Lipinski definition) is 8. The quantitative estimate of drug-likeness (QED) is 0.562. The molecule has 3 aromatic heterocycles. The van der Waals surface area contributed by atoms with Crippen molar-refractivity contribution >= 4 is 28.9 Å². The number of carbonyl (C=O) groups is 2. The summed E-state index contributed by atoms with van der Waals surface area (Å²) in [5, 5.41) is 19.3. The van der Waals surface area contributed by atoms with Gasteiger partial charge in [0, 0.05) is 32.4 Å². The molecule has 4 heterocycles. The summed E-state index contributed by atoms with van der Waals surface area (Å²) in [4.78, 5) is 33.9. The fourth-order valence-electron chi connectivity index (χ4n) is 3.60. The van der Waals surface area contributed by atoms with Gasteiger partial charge in [-0.15, -0.1) is 0 Å². The van der Waals surface area contributed by atoms with Crippen molar-refractivity contribution in [2.75, 3.05) is 25.4 Å². The number of aromatic nitrogens is 5. The van der Waals surface area contributed by atoms with Crippen molar-refractivity contribution in [2.24, 2.45) is 5.92 Å². The molecule has 29 heavy (non-hydrogen) atoms. The van der Waals surface area contributed by atoms with Gasteiger partial charge in [0.1, 0.15) is 5.52 Å². The van der Waals surface area contributed by atoms with Crippen LogP contribution >= 0.6 is 0 Å². The van der Waals surface area contributed by atoms with E-state index in [1.54, 1.807) is 6.20 Å². The molecule has 0 aliphatic carbocycles. The third-order valence-electron chi connectivity index (χ3n) is 5.04. The molecule has 0 bridgehead atoms. The van der Waals surface area contributed by atoms with Crippen molar-refractivity contribution < 1.29 is 19.3 Å². The van der Waals surface area contributed by atoms with Crippen LogP contribution in [0.15, 0.2) is 17.0 Å². The number of nitrogens with one attached hydrogen (secondary N) is 1. The third kappa shape index (κ3) is 3.32. The highest BCUT2D eigenvalue weighted by Gasteiger charge is 2.27. The molecule has 0 radical (unpaired) electrons. The molecule has 2 amide bonds. The van der Waals surface area contributed by atoms with Gasteiger partial charge in [-0.05, 0) is 29.6 Å². The number of amides is 2. The zero-order valence-corrected chi connectivity index (χ0v) is 15.7. The molecule has 0 unspecified atom stereocenters. The number of carbonyl (C=O) groups excluding carboxylic acids is 1. The largest absolute Gasteiger partial charge is 0.465 e. The smallest absolute Gasteiger partial charge is 0.407 e. The molecule has 1 atom stereocenters. The van der Waals surface area contributed by atoms with Crippen LogP contribution in [0.1, 0.15) is 23.7 Å². The fraction of sp³-hybridized carbons (Fsp3) is 0.412. The standard InChI is InChI=1S/C17H20N8O4/c1-2-25-13-10(16(26)20-5-9-3-4-24(8-9)17(27)28)6-19-7-11(13)21-15(25)12-14(18)23-29-22-12/h6-7,9H,2-5,8H2,1H3,(H2,18,23)(H,20,26)(H,27,28)/t9-/m0/s1. The minimum Gasteiger partial charge on any atom is -0.465 e. The number of anilines is 1. The lowest BCUT2D eigenvalue weighted by molar-refractivity contribution is 0.0948. The van der Waals surface area contributed by atoms with Gasteiger partial charge in [0.15, 0.2) is 17.3 Å². The molecule has 4 rings (SSSR count). The van der Waals surface area contributed by atoms with E-state index in [4.69, 9.17) is 10.8 Å². The lowest BCUT2D eigenvalue weighted by Crippen LogP contribution is -2.32. The second kappa shape index (κ2) is 7.37. The minimum atomic E-state index is -0.936. The van der Waals surface area contributed by atoms with Crippen LogP contribution in [0.5, 0.6) is 0 Å². The molecule has 0 spiro atoms. The van der Waals surface area contributed by atoms with Gasteiger partial charge in [-0.25, -0.2) is 14.4 Å². The summed E-state index contributed by atoms with van der Waals surface area (Å²) in [5.41, 5.74) is 7.60. The van der Waals surface area contributed by atoms with Crippen molar-refractivity contribution in [1.29, 1.82) is 0 Å². The average Bonchev–Trinajstić information content (AvgIpc) is 3.43. The second-order valence-electron chi connectivity index (χ2n) is 6.83. The summed E-state index contributed by atoms with van der Waals surface area (Å²) in [7, 11) is 0. The van der Waals surface area contributed by atoms with Gasteiger partial charge in [0.05, 0.1) is 17.3 Å². The van der Waals surface area contributed by atoms with E-state index in [-0.39, 0.29) is 17.6 Å². The summed E-state index contributed by atoms with van der Waals surface area (Å²) in [6.07, 6.45) is 2.82. The molecular formula is C17H20N8O4. The molecule has 0 aromatic carbocycles. The lowest BCUT2D eigenvalue weighted by atomic mass is 10.1. The Balaban J connectivity index is 1.61. The summed E-state index contributed by atoms with van der Waals surface area (Å²) >= 11 is 0. The molecule has 4 N–H and O–H groups in total. The Bertz CT molecular complexity index is 1070. The van der Waals surface area contributed by atoms with Gasteiger partial charge in [0.2, 0.25) is 0 Å². The van der Waals surface area contributed by atoms with Crippen LogP contribution in [-0.4, -0.2) is 66.5 Å². The van der Waals surface area contributed by atoms with Crippen molar-refractivity contribution in [3.8, 4) is 11.5 Å². The Morgan fingerprint density at radius 1 is 1.38 bits per heavy atom. The Labute approximate surface area is 164 Å². The van der Waals surface area contributed by atoms with Crippen molar-refractivity contribution in [1.82, 2.24) is 35.1 Å². The molecular weight excluding hydrogens is 380 g/mol. The van der Waals surface area contributed by atoms with Crippen LogP contribution in [0, 0.1) is 5.92 Å².